The van der Waals surface area contributed by atoms with Crippen molar-refractivity contribution in [2.75, 3.05) is 0 Å². The van der Waals surface area contributed by atoms with Crippen molar-refractivity contribution in [2.45, 2.75) is 6.54 Å². The van der Waals surface area contributed by atoms with Gasteiger partial charge in [0.15, 0.2) is 0 Å². The Morgan fingerprint density at radius 1 is 0.774 bits per heavy atom. The number of para-hydroxylation sites is 2. The van der Waals surface area contributed by atoms with Gasteiger partial charge in [0.05, 0.1) is 34.8 Å². The number of benzene rings is 2. The summed E-state index contributed by atoms with van der Waals surface area (Å²) in [7, 11) is 2.05. The minimum absolute atomic E-state index is 0.106. The van der Waals surface area contributed by atoms with E-state index in [1.165, 1.54) is 5.39 Å². The van der Waals surface area contributed by atoms with E-state index in [1.807, 2.05) is 55.7 Å². The number of carboxylic acid groups (broad SMARTS) is 1. The molecule has 0 aliphatic heterocycles. The third-order valence-corrected chi connectivity index (χ3v) is 6.01. The monoisotopic (exact) mass is 406 g/mol. The third-order valence-electron chi connectivity index (χ3n) is 6.01. The van der Waals surface area contributed by atoms with Crippen LogP contribution in [0, 0.1) is 0 Å². The van der Waals surface area contributed by atoms with Gasteiger partial charge in [0, 0.05) is 39.6 Å². The summed E-state index contributed by atoms with van der Waals surface area (Å²) in [6.07, 6.45) is 3.65. The highest BCUT2D eigenvalue weighted by Crippen LogP contribution is 2.33. The average Bonchev–Trinajstić information content (AvgIpc) is 3.26. The van der Waals surface area contributed by atoms with E-state index >= 15 is 0 Å². The Balaban J connectivity index is 1.60. The number of hydrogen-bond acceptors (Lipinski definition) is 3. The fraction of sp³-hybridized carbons (Fsp3) is 0.0800. The molecule has 6 aromatic rings. The van der Waals surface area contributed by atoms with Crippen molar-refractivity contribution in [3.8, 4) is 11.4 Å². The number of carboxylic acids is 1. The first-order chi connectivity index (χ1) is 15.1. The summed E-state index contributed by atoms with van der Waals surface area (Å²) in [6, 6.07) is 20.3. The molecule has 31 heavy (non-hydrogen) atoms. The van der Waals surface area contributed by atoms with Crippen molar-refractivity contribution in [2.24, 2.45) is 7.05 Å². The molecule has 0 saturated heterocycles. The molecule has 6 nitrogen and oxygen atoms in total. The normalized spacial score (nSPS) is 11.8. The number of hydrogen-bond donors (Lipinski definition) is 1. The predicted octanol–water partition coefficient (Wildman–Crippen LogP) is 4.98. The summed E-state index contributed by atoms with van der Waals surface area (Å²) in [5, 5.41) is 13.7. The Bertz CT molecular complexity index is 1660. The maximum absolute atomic E-state index is 11.4. The van der Waals surface area contributed by atoms with Crippen LogP contribution in [0.25, 0.3) is 55.0 Å². The molecule has 0 fully saturated rings. The quantitative estimate of drug-likeness (QED) is 0.450. The summed E-state index contributed by atoms with van der Waals surface area (Å²) in [5.74, 6) is -0.880. The van der Waals surface area contributed by atoms with E-state index in [0.717, 1.165) is 49.6 Å². The molecule has 0 atom stereocenters. The van der Waals surface area contributed by atoms with Gasteiger partial charge in [0.1, 0.15) is 6.54 Å². The molecule has 6 heteroatoms. The molecule has 0 aliphatic rings. The SMILES string of the molecule is Cn1c2ccccc2c2cc(-c3cc4c5ccccc5n(CC(=O)O)c4cn3)ncc21. The summed E-state index contributed by atoms with van der Waals surface area (Å²) in [5.41, 5.74) is 5.48. The molecule has 0 unspecified atom stereocenters. The summed E-state index contributed by atoms with van der Waals surface area (Å²) in [4.78, 5) is 20.8. The Hall–Kier alpha value is -4.19. The van der Waals surface area contributed by atoms with Crippen LogP contribution in [0.4, 0.5) is 0 Å². The van der Waals surface area contributed by atoms with Crippen LogP contribution in [0.5, 0.6) is 0 Å². The smallest absolute Gasteiger partial charge is 0.323 e. The minimum atomic E-state index is -0.880. The highest BCUT2D eigenvalue weighted by Gasteiger charge is 2.15. The zero-order valence-electron chi connectivity index (χ0n) is 16.8. The van der Waals surface area contributed by atoms with E-state index in [2.05, 4.69) is 27.8 Å². The Labute approximate surface area is 177 Å². The zero-order chi connectivity index (χ0) is 21.1. The third kappa shape index (κ3) is 2.55. The van der Waals surface area contributed by atoms with Crippen LogP contribution in [-0.4, -0.2) is 30.2 Å². The molecule has 6 rings (SSSR count). The first-order valence-electron chi connectivity index (χ1n) is 10.0. The molecule has 2 aromatic carbocycles. The van der Waals surface area contributed by atoms with Gasteiger partial charge >= 0.3 is 5.97 Å². The molecule has 0 saturated carbocycles. The summed E-state index contributed by atoms with van der Waals surface area (Å²) >= 11 is 0. The van der Waals surface area contributed by atoms with Gasteiger partial charge in [0.2, 0.25) is 0 Å². The highest BCUT2D eigenvalue weighted by atomic mass is 16.4. The number of fused-ring (bicyclic) bond motifs is 6. The van der Waals surface area contributed by atoms with E-state index in [1.54, 1.807) is 10.8 Å². The van der Waals surface area contributed by atoms with Gasteiger partial charge in [-0.3, -0.25) is 14.8 Å². The topological polar surface area (TPSA) is 72.9 Å². The molecule has 0 spiro atoms. The molecule has 4 aromatic heterocycles. The van der Waals surface area contributed by atoms with Crippen LogP contribution >= 0.6 is 0 Å². The van der Waals surface area contributed by atoms with Crippen molar-refractivity contribution >= 4 is 49.6 Å². The lowest BCUT2D eigenvalue weighted by Crippen LogP contribution is -2.08. The van der Waals surface area contributed by atoms with Gasteiger partial charge in [-0.2, -0.15) is 0 Å². The molecule has 0 radical (unpaired) electrons. The van der Waals surface area contributed by atoms with E-state index in [-0.39, 0.29) is 6.54 Å². The molecule has 0 aliphatic carbocycles. The standard InChI is InChI=1S/C25H18N4O2/c1-28-21-8-4-2-6-15(21)17-10-19(26-12-23(17)28)20-11-18-16-7-3-5-9-22(16)29(14-25(30)31)24(18)13-27-20/h2-13H,14H2,1H3,(H,30,31). The first-order valence-corrected chi connectivity index (χ1v) is 10.0. The summed E-state index contributed by atoms with van der Waals surface area (Å²) < 4.78 is 3.95. The zero-order valence-corrected chi connectivity index (χ0v) is 16.8. The molecule has 1 N–H and O–H groups in total. The van der Waals surface area contributed by atoms with Gasteiger partial charge < -0.3 is 14.2 Å². The number of rotatable bonds is 3. The van der Waals surface area contributed by atoms with Crippen molar-refractivity contribution in [1.82, 2.24) is 19.1 Å². The Morgan fingerprint density at radius 3 is 2.00 bits per heavy atom. The van der Waals surface area contributed by atoms with Gasteiger partial charge in [-0.15, -0.1) is 0 Å². The van der Waals surface area contributed by atoms with E-state index in [0.29, 0.717) is 0 Å². The minimum Gasteiger partial charge on any atom is -0.480 e. The van der Waals surface area contributed by atoms with E-state index < -0.39 is 5.97 Å². The van der Waals surface area contributed by atoms with E-state index in [9.17, 15) is 9.90 Å². The van der Waals surface area contributed by atoms with Crippen molar-refractivity contribution in [1.29, 1.82) is 0 Å². The fourth-order valence-corrected chi connectivity index (χ4v) is 4.59. The molecule has 4 heterocycles. The molecular weight excluding hydrogens is 388 g/mol. The lowest BCUT2D eigenvalue weighted by Gasteiger charge is -2.05. The van der Waals surface area contributed by atoms with Crippen molar-refractivity contribution in [3.05, 3.63) is 73.1 Å². The predicted molar refractivity (Wildman–Crippen MR) is 122 cm³/mol. The lowest BCUT2D eigenvalue weighted by atomic mass is 10.1. The Morgan fingerprint density at radius 2 is 1.32 bits per heavy atom. The second-order valence-corrected chi connectivity index (χ2v) is 7.75. The fourth-order valence-electron chi connectivity index (χ4n) is 4.59. The van der Waals surface area contributed by atoms with Crippen LogP contribution in [-0.2, 0) is 18.4 Å². The van der Waals surface area contributed by atoms with Gasteiger partial charge in [0.25, 0.3) is 0 Å². The molecule has 0 amide bonds. The summed E-state index contributed by atoms with van der Waals surface area (Å²) in [6.45, 7) is -0.106. The molecule has 150 valence electrons. The van der Waals surface area contributed by atoms with Crippen LogP contribution in [0.2, 0.25) is 0 Å². The maximum atomic E-state index is 11.4. The molecular formula is C25H18N4O2. The maximum Gasteiger partial charge on any atom is 0.323 e. The molecule has 0 bridgehead atoms. The average molecular weight is 406 g/mol. The van der Waals surface area contributed by atoms with Gasteiger partial charge in [-0.1, -0.05) is 36.4 Å². The highest BCUT2D eigenvalue weighted by molar-refractivity contribution is 6.10. The Kier molecular flexibility index (Phi) is 3.65. The van der Waals surface area contributed by atoms with Gasteiger partial charge in [-0.25, -0.2) is 0 Å². The van der Waals surface area contributed by atoms with Gasteiger partial charge in [-0.05, 0) is 24.3 Å². The number of nitrogens with zero attached hydrogens (tertiary/aromatic N) is 4. The van der Waals surface area contributed by atoms with Crippen LogP contribution in [0.1, 0.15) is 0 Å². The second kappa shape index (κ2) is 6.40. The second-order valence-electron chi connectivity index (χ2n) is 7.75. The lowest BCUT2D eigenvalue weighted by molar-refractivity contribution is -0.137. The van der Waals surface area contributed by atoms with Crippen molar-refractivity contribution < 1.29 is 9.90 Å². The van der Waals surface area contributed by atoms with Crippen LogP contribution < -0.4 is 0 Å². The number of carbonyl (C=O) groups is 1. The van der Waals surface area contributed by atoms with Crippen LogP contribution in [0.3, 0.4) is 0 Å². The number of aromatic nitrogens is 4. The first kappa shape index (κ1) is 17.7. The number of aryl methyl sites for hydroxylation is 1. The van der Waals surface area contributed by atoms with Crippen molar-refractivity contribution in [3.63, 3.8) is 0 Å². The number of aliphatic carboxylic acids is 1. The largest absolute Gasteiger partial charge is 0.480 e. The van der Waals surface area contributed by atoms with Crippen LogP contribution in [0.15, 0.2) is 73.1 Å². The number of pyridine rings is 2. The van der Waals surface area contributed by atoms with E-state index in [4.69, 9.17) is 4.98 Å².